The molecule has 2 saturated heterocycles. The molecule has 0 unspecified atom stereocenters. The van der Waals surface area contributed by atoms with Crippen molar-refractivity contribution in [1.82, 2.24) is 10.4 Å². The Morgan fingerprint density at radius 3 is 2.52 bits per heavy atom. The first kappa shape index (κ1) is 16.8. The van der Waals surface area contributed by atoms with Crippen LogP contribution in [0.2, 0.25) is 0 Å². The zero-order valence-corrected chi connectivity index (χ0v) is 15.9. The summed E-state index contributed by atoms with van der Waals surface area (Å²) in [6, 6.07) is 3.71. The molecular formula is C16H21BrN2O3S. The molecule has 0 atom stereocenters. The summed E-state index contributed by atoms with van der Waals surface area (Å²) in [4.78, 5) is 32.1. The lowest BCUT2D eigenvalue weighted by molar-refractivity contribution is 0.00421. The molecule has 1 aromatic heterocycles. The number of rotatable bonds is 1. The Labute approximate surface area is 148 Å². The van der Waals surface area contributed by atoms with Crippen LogP contribution in [0.5, 0.6) is 0 Å². The molecule has 0 saturated carbocycles. The van der Waals surface area contributed by atoms with E-state index in [2.05, 4.69) is 42.2 Å². The monoisotopic (exact) mass is 400 g/mol. The Morgan fingerprint density at radius 1 is 1.35 bits per heavy atom. The zero-order valence-electron chi connectivity index (χ0n) is 13.5. The first-order chi connectivity index (χ1) is 10.7. The highest BCUT2D eigenvalue weighted by Gasteiger charge is 2.60. The quantitative estimate of drug-likeness (QED) is 0.713. The van der Waals surface area contributed by atoms with Gasteiger partial charge in [-0.3, -0.25) is 9.69 Å². The van der Waals surface area contributed by atoms with Crippen molar-refractivity contribution in [3.63, 3.8) is 0 Å². The minimum Gasteiger partial charge on any atom is -0.321 e. The van der Waals surface area contributed by atoms with Crippen LogP contribution in [0, 0.1) is 5.41 Å². The van der Waals surface area contributed by atoms with E-state index in [4.69, 9.17) is 4.84 Å². The van der Waals surface area contributed by atoms with E-state index < -0.39 is 12.0 Å². The van der Waals surface area contributed by atoms with Gasteiger partial charge < -0.3 is 4.84 Å². The number of carbonyl (C=O) groups is 2. The van der Waals surface area contributed by atoms with Crippen LogP contribution in [0.15, 0.2) is 15.9 Å². The molecule has 1 aromatic rings. The van der Waals surface area contributed by atoms with Gasteiger partial charge in [0.1, 0.15) is 0 Å². The average molecular weight is 401 g/mol. The molecule has 0 radical (unpaired) electrons. The van der Waals surface area contributed by atoms with Gasteiger partial charge in [-0.1, -0.05) is 20.8 Å². The van der Waals surface area contributed by atoms with Crippen molar-refractivity contribution < 1.29 is 14.4 Å². The molecule has 0 aromatic carbocycles. The molecule has 2 fully saturated rings. The Morgan fingerprint density at radius 2 is 2.00 bits per heavy atom. The van der Waals surface area contributed by atoms with Crippen LogP contribution in [0.25, 0.3) is 0 Å². The van der Waals surface area contributed by atoms with Gasteiger partial charge in [-0.25, -0.2) is 4.79 Å². The van der Waals surface area contributed by atoms with Crippen LogP contribution >= 0.6 is 27.3 Å². The number of fused-ring (bicyclic) bond motifs is 2. The highest BCUT2D eigenvalue weighted by atomic mass is 79.9. The number of hydrogen-bond acceptors (Lipinski definition) is 4. The maximum Gasteiger partial charge on any atom is 0.434 e. The minimum atomic E-state index is -0.441. The van der Waals surface area contributed by atoms with Crippen molar-refractivity contribution in [3.8, 4) is 0 Å². The largest absolute Gasteiger partial charge is 0.434 e. The van der Waals surface area contributed by atoms with E-state index in [1.807, 2.05) is 4.90 Å². The third kappa shape index (κ3) is 2.78. The van der Waals surface area contributed by atoms with Crippen LogP contribution in [0.4, 0.5) is 4.79 Å². The topological polar surface area (TPSA) is 58.6 Å². The molecule has 2 aliphatic rings. The standard InChI is InChI=1S/C16H21BrN2O3S/c1-15(2,3)16-8-6-10(7-9-16)19(16)14(21)22-18-13(20)11-4-5-12(17)23-11/h4-5,10H,6-9H2,1-3H3,(H,18,20). The molecule has 2 bridgehead atoms. The number of nitrogens with one attached hydrogen (secondary N) is 1. The van der Waals surface area contributed by atoms with E-state index in [1.165, 1.54) is 11.3 Å². The second kappa shape index (κ2) is 5.77. The van der Waals surface area contributed by atoms with Crippen LogP contribution < -0.4 is 5.48 Å². The first-order valence-electron chi connectivity index (χ1n) is 7.80. The summed E-state index contributed by atoms with van der Waals surface area (Å²) in [5.41, 5.74) is 2.11. The van der Waals surface area contributed by atoms with Crippen LogP contribution in [0.3, 0.4) is 0 Å². The maximum atomic E-state index is 12.6. The summed E-state index contributed by atoms with van der Waals surface area (Å²) >= 11 is 4.61. The molecule has 7 heteroatoms. The highest BCUT2D eigenvalue weighted by molar-refractivity contribution is 9.11. The number of halogens is 1. The molecule has 0 aliphatic carbocycles. The van der Waals surface area contributed by atoms with Gasteiger partial charge in [-0.2, -0.15) is 5.48 Å². The average Bonchev–Trinajstić information content (AvgIpc) is 3.17. The molecule has 23 heavy (non-hydrogen) atoms. The number of nitrogens with zero attached hydrogens (tertiary/aromatic N) is 1. The third-order valence-corrected chi connectivity index (χ3v) is 6.85. The number of amides is 2. The van der Waals surface area contributed by atoms with Gasteiger partial charge >= 0.3 is 6.09 Å². The second-order valence-corrected chi connectivity index (χ2v) is 9.75. The molecule has 3 heterocycles. The Balaban J connectivity index is 1.68. The molecule has 2 aliphatic heterocycles. The van der Waals surface area contributed by atoms with Crippen molar-refractivity contribution in [2.75, 3.05) is 0 Å². The fourth-order valence-electron chi connectivity index (χ4n) is 3.99. The van der Waals surface area contributed by atoms with E-state index in [0.29, 0.717) is 4.88 Å². The Hall–Kier alpha value is -1.08. The van der Waals surface area contributed by atoms with E-state index in [9.17, 15) is 9.59 Å². The predicted octanol–water partition coefficient (Wildman–Crippen LogP) is 4.34. The molecule has 5 nitrogen and oxygen atoms in total. The van der Waals surface area contributed by atoms with Crippen molar-refractivity contribution >= 4 is 39.3 Å². The zero-order chi connectivity index (χ0) is 16.8. The lowest BCUT2D eigenvalue weighted by atomic mass is 9.69. The van der Waals surface area contributed by atoms with Gasteiger partial charge in [-0.05, 0) is 59.2 Å². The van der Waals surface area contributed by atoms with Gasteiger partial charge in [-0.15, -0.1) is 11.3 Å². The van der Waals surface area contributed by atoms with Gasteiger partial charge in [0, 0.05) is 6.04 Å². The van der Waals surface area contributed by atoms with E-state index in [-0.39, 0.29) is 17.0 Å². The third-order valence-electron chi connectivity index (χ3n) is 5.23. The summed E-state index contributed by atoms with van der Waals surface area (Å²) in [5, 5.41) is 0. The number of hydrogen-bond donors (Lipinski definition) is 1. The lowest BCUT2D eigenvalue weighted by Crippen LogP contribution is -2.54. The predicted molar refractivity (Wildman–Crippen MR) is 92.2 cm³/mol. The lowest BCUT2D eigenvalue weighted by Gasteiger charge is -2.44. The molecule has 3 rings (SSSR count). The van der Waals surface area contributed by atoms with Crippen molar-refractivity contribution in [2.24, 2.45) is 5.41 Å². The molecule has 0 spiro atoms. The van der Waals surface area contributed by atoms with Gasteiger partial charge in [0.15, 0.2) is 0 Å². The summed E-state index contributed by atoms with van der Waals surface area (Å²) in [7, 11) is 0. The summed E-state index contributed by atoms with van der Waals surface area (Å²) in [5.74, 6) is -0.398. The molecule has 2 amide bonds. The number of hydroxylamine groups is 1. The van der Waals surface area contributed by atoms with Crippen LogP contribution in [0.1, 0.15) is 56.1 Å². The number of thiophene rings is 1. The molecule has 126 valence electrons. The summed E-state index contributed by atoms with van der Waals surface area (Å²) < 4.78 is 0.859. The van der Waals surface area contributed by atoms with E-state index in [1.54, 1.807) is 12.1 Å². The maximum absolute atomic E-state index is 12.6. The highest BCUT2D eigenvalue weighted by Crippen LogP contribution is 2.55. The summed E-state index contributed by atoms with van der Waals surface area (Å²) in [6.07, 6.45) is 3.59. The van der Waals surface area contributed by atoms with Crippen LogP contribution in [-0.2, 0) is 4.84 Å². The van der Waals surface area contributed by atoms with Gasteiger partial charge in [0.25, 0.3) is 5.91 Å². The normalized spacial score (nSPS) is 26.4. The SMILES string of the molecule is CC(C)(C)C12CCC(CC1)N2C(=O)ONC(=O)c1ccc(Br)s1. The van der Waals surface area contributed by atoms with Gasteiger partial charge in [0.2, 0.25) is 0 Å². The number of carbonyl (C=O) groups excluding carboxylic acids is 2. The van der Waals surface area contributed by atoms with Crippen molar-refractivity contribution in [1.29, 1.82) is 0 Å². The molecule has 1 N–H and O–H groups in total. The van der Waals surface area contributed by atoms with E-state index >= 15 is 0 Å². The molecular weight excluding hydrogens is 380 g/mol. The first-order valence-corrected chi connectivity index (χ1v) is 9.41. The second-order valence-electron chi connectivity index (χ2n) is 7.29. The fourth-order valence-corrected chi connectivity index (χ4v) is 5.26. The van der Waals surface area contributed by atoms with Crippen molar-refractivity contribution in [2.45, 2.75) is 58.0 Å². The summed E-state index contributed by atoms with van der Waals surface area (Å²) in [6.45, 7) is 6.51. The van der Waals surface area contributed by atoms with Gasteiger partial charge in [0.05, 0.1) is 14.2 Å². The fraction of sp³-hybridized carbons (Fsp3) is 0.625. The smallest absolute Gasteiger partial charge is 0.321 e. The van der Waals surface area contributed by atoms with Crippen molar-refractivity contribution in [3.05, 3.63) is 20.8 Å². The van der Waals surface area contributed by atoms with E-state index in [0.717, 1.165) is 29.5 Å². The Bertz CT molecular complexity index is 630. The minimum absolute atomic E-state index is 0.0140. The van der Waals surface area contributed by atoms with Crippen LogP contribution in [-0.4, -0.2) is 28.5 Å². The Kier molecular flexibility index (Phi) is 4.21.